The number of ether oxygens (including phenoxy) is 2. The van der Waals surface area contributed by atoms with Crippen molar-refractivity contribution in [1.29, 1.82) is 0 Å². The van der Waals surface area contributed by atoms with E-state index in [-0.39, 0.29) is 12.2 Å². The van der Waals surface area contributed by atoms with Gasteiger partial charge in [0.05, 0.1) is 18.8 Å². The zero-order valence-electron chi connectivity index (χ0n) is 9.69. The van der Waals surface area contributed by atoms with E-state index in [0.29, 0.717) is 13.2 Å². The van der Waals surface area contributed by atoms with Crippen LogP contribution in [0.2, 0.25) is 0 Å². The van der Waals surface area contributed by atoms with Crippen molar-refractivity contribution in [2.75, 3.05) is 19.8 Å². The second-order valence-electron chi connectivity index (χ2n) is 4.26. The molecule has 0 spiro atoms. The highest BCUT2D eigenvalue weighted by Crippen LogP contribution is 2.21. The lowest BCUT2D eigenvalue weighted by Gasteiger charge is -2.20. The molecule has 2 unspecified atom stereocenters. The van der Waals surface area contributed by atoms with Crippen LogP contribution in [0.1, 0.15) is 23.7 Å². The summed E-state index contributed by atoms with van der Waals surface area (Å²) in [4.78, 5) is 0. The Bertz CT molecular complexity index is 317. The van der Waals surface area contributed by atoms with Gasteiger partial charge in [-0.15, -0.1) is 0 Å². The van der Waals surface area contributed by atoms with E-state index in [1.165, 1.54) is 5.56 Å². The summed E-state index contributed by atoms with van der Waals surface area (Å²) in [6, 6.07) is 8.35. The molecule has 1 fully saturated rings. The molecule has 88 valence electrons. The fourth-order valence-electron chi connectivity index (χ4n) is 1.90. The molecular formula is C13H19NO2. The minimum atomic E-state index is -0.00713. The standard InChI is InChI=1S/C13H19NO2/c1-10-2-4-11(5-3-10)13(8-14)16-12-6-7-15-9-12/h2-5,12-13H,6-9,14H2,1H3. The van der Waals surface area contributed by atoms with Gasteiger partial charge in [-0.25, -0.2) is 0 Å². The third-order valence-electron chi connectivity index (χ3n) is 2.91. The first-order valence-electron chi connectivity index (χ1n) is 5.79. The molecule has 0 aromatic heterocycles. The van der Waals surface area contributed by atoms with Crippen molar-refractivity contribution in [2.45, 2.75) is 25.6 Å². The Hall–Kier alpha value is -0.900. The smallest absolute Gasteiger partial charge is 0.0952 e. The van der Waals surface area contributed by atoms with Gasteiger partial charge in [0.25, 0.3) is 0 Å². The first-order chi connectivity index (χ1) is 7.79. The average Bonchev–Trinajstić information content (AvgIpc) is 2.80. The highest BCUT2D eigenvalue weighted by Gasteiger charge is 2.21. The van der Waals surface area contributed by atoms with Gasteiger partial charge in [0.1, 0.15) is 0 Å². The highest BCUT2D eigenvalue weighted by atomic mass is 16.5. The quantitative estimate of drug-likeness (QED) is 0.843. The summed E-state index contributed by atoms with van der Waals surface area (Å²) < 4.78 is 11.2. The normalized spacial score (nSPS) is 22.2. The van der Waals surface area contributed by atoms with Gasteiger partial charge in [0.2, 0.25) is 0 Å². The SMILES string of the molecule is Cc1ccc(C(CN)OC2CCOC2)cc1. The maximum atomic E-state index is 5.94. The second-order valence-corrected chi connectivity index (χ2v) is 4.26. The van der Waals surface area contributed by atoms with Crippen molar-refractivity contribution < 1.29 is 9.47 Å². The van der Waals surface area contributed by atoms with Crippen molar-refractivity contribution in [1.82, 2.24) is 0 Å². The molecule has 0 amide bonds. The first kappa shape index (κ1) is 11.6. The Morgan fingerprint density at radius 1 is 1.44 bits per heavy atom. The molecule has 2 N–H and O–H groups in total. The molecule has 1 saturated heterocycles. The second kappa shape index (κ2) is 5.43. The lowest BCUT2D eigenvalue weighted by atomic mass is 10.1. The summed E-state index contributed by atoms with van der Waals surface area (Å²) in [5.74, 6) is 0. The maximum Gasteiger partial charge on any atom is 0.0952 e. The van der Waals surface area contributed by atoms with E-state index >= 15 is 0 Å². The molecule has 1 aliphatic heterocycles. The van der Waals surface area contributed by atoms with Crippen LogP contribution in [0.25, 0.3) is 0 Å². The van der Waals surface area contributed by atoms with Crippen molar-refractivity contribution in [3.05, 3.63) is 35.4 Å². The van der Waals surface area contributed by atoms with Crippen LogP contribution in [0.3, 0.4) is 0 Å². The van der Waals surface area contributed by atoms with E-state index in [4.69, 9.17) is 15.2 Å². The van der Waals surface area contributed by atoms with Gasteiger partial charge in [0, 0.05) is 13.2 Å². The summed E-state index contributed by atoms with van der Waals surface area (Å²) in [5, 5.41) is 0. The largest absolute Gasteiger partial charge is 0.379 e. The fourth-order valence-corrected chi connectivity index (χ4v) is 1.90. The van der Waals surface area contributed by atoms with Crippen molar-refractivity contribution in [2.24, 2.45) is 5.73 Å². The number of rotatable bonds is 4. The highest BCUT2D eigenvalue weighted by molar-refractivity contribution is 5.23. The first-order valence-corrected chi connectivity index (χ1v) is 5.79. The van der Waals surface area contributed by atoms with Crippen LogP contribution in [-0.2, 0) is 9.47 Å². The lowest BCUT2D eigenvalue weighted by molar-refractivity contribution is -0.0125. The predicted molar refractivity (Wildman–Crippen MR) is 63.3 cm³/mol. The van der Waals surface area contributed by atoms with E-state index in [1.807, 2.05) is 0 Å². The molecule has 2 atom stereocenters. The molecule has 1 aromatic carbocycles. The summed E-state index contributed by atoms with van der Waals surface area (Å²) >= 11 is 0. The number of aryl methyl sites for hydroxylation is 1. The summed E-state index contributed by atoms with van der Waals surface area (Å²) in [6.07, 6.45) is 1.17. The molecule has 1 aromatic rings. The van der Waals surface area contributed by atoms with Gasteiger partial charge in [-0.3, -0.25) is 0 Å². The van der Waals surface area contributed by atoms with Crippen LogP contribution in [0, 0.1) is 6.92 Å². The van der Waals surface area contributed by atoms with Gasteiger partial charge in [-0.2, -0.15) is 0 Å². The third-order valence-corrected chi connectivity index (χ3v) is 2.91. The number of hydrogen-bond acceptors (Lipinski definition) is 3. The van der Waals surface area contributed by atoms with E-state index < -0.39 is 0 Å². The monoisotopic (exact) mass is 221 g/mol. The van der Waals surface area contributed by atoms with E-state index in [2.05, 4.69) is 31.2 Å². The molecule has 0 saturated carbocycles. The number of nitrogens with two attached hydrogens (primary N) is 1. The predicted octanol–water partition coefficient (Wildman–Crippen LogP) is 1.80. The van der Waals surface area contributed by atoms with Gasteiger partial charge in [-0.05, 0) is 18.9 Å². The van der Waals surface area contributed by atoms with Crippen LogP contribution in [0.5, 0.6) is 0 Å². The molecule has 0 bridgehead atoms. The molecule has 3 nitrogen and oxygen atoms in total. The lowest BCUT2D eigenvalue weighted by Crippen LogP contribution is -2.22. The van der Waals surface area contributed by atoms with E-state index in [0.717, 1.165) is 18.6 Å². The van der Waals surface area contributed by atoms with E-state index in [9.17, 15) is 0 Å². The molecule has 1 aliphatic rings. The molecule has 0 radical (unpaired) electrons. The van der Waals surface area contributed by atoms with E-state index in [1.54, 1.807) is 0 Å². The Morgan fingerprint density at radius 3 is 2.75 bits per heavy atom. The van der Waals surface area contributed by atoms with Crippen LogP contribution in [0.4, 0.5) is 0 Å². The molecule has 2 rings (SSSR count). The molecule has 16 heavy (non-hydrogen) atoms. The van der Waals surface area contributed by atoms with Gasteiger partial charge < -0.3 is 15.2 Å². The van der Waals surface area contributed by atoms with Crippen LogP contribution in [-0.4, -0.2) is 25.9 Å². The molecule has 1 heterocycles. The Balaban J connectivity index is 2.00. The van der Waals surface area contributed by atoms with Crippen LogP contribution in [0.15, 0.2) is 24.3 Å². The van der Waals surface area contributed by atoms with Crippen molar-refractivity contribution in [3.63, 3.8) is 0 Å². The zero-order valence-corrected chi connectivity index (χ0v) is 9.69. The maximum absolute atomic E-state index is 5.94. The Morgan fingerprint density at radius 2 is 2.19 bits per heavy atom. The molecule has 3 heteroatoms. The molecule has 0 aliphatic carbocycles. The van der Waals surface area contributed by atoms with Crippen molar-refractivity contribution >= 4 is 0 Å². The van der Waals surface area contributed by atoms with Crippen molar-refractivity contribution in [3.8, 4) is 0 Å². The summed E-state index contributed by atoms with van der Waals surface area (Å²) in [7, 11) is 0. The summed E-state index contributed by atoms with van der Waals surface area (Å²) in [5.41, 5.74) is 8.16. The summed E-state index contributed by atoms with van der Waals surface area (Å²) in [6.45, 7) is 4.09. The Labute approximate surface area is 96.5 Å². The van der Waals surface area contributed by atoms with Gasteiger partial charge in [0.15, 0.2) is 0 Å². The van der Waals surface area contributed by atoms with Gasteiger partial charge >= 0.3 is 0 Å². The Kier molecular flexibility index (Phi) is 3.93. The number of benzene rings is 1. The topological polar surface area (TPSA) is 44.5 Å². The molecular weight excluding hydrogens is 202 g/mol. The number of hydrogen-bond donors (Lipinski definition) is 1. The zero-order chi connectivity index (χ0) is 11.4. The van der Waals surface area contributed by atoms with Gasteiger partial charge in [-0.1, -0.05) is 29.8 Å². The minimum Gasteiger partial charge on any atom is -0.379 e. The average molecular weight is 221 g/mol. The third kappa shape index (κ3) is 2.82. The fraction of sp³-hybridized carbons (Fsp3) is 0.538. The van der Waals surface area contributed by atoms with Crippen LogP contribution < -0.4 is 5.73 Å². The van der Waals surface area contributed by atoms with Crippen LogP contribution >= 0.6 is 0 Å². The minimum absolute atomic E-state index is 0.00713.